The molecule has 11 heteroatoms. The maximum Gasteiger partial charge on any atom is 0.350 e. The average molecular weight is 721 g/mol. The Morgan fingerprint density at radius 2 is 1.98 bits per heavy atom. The molecule has 0 aromatic carbocycles. The van der Waals surface area contributed by atoms with Gasteiger partial charge in [-0.3, -0.25) is 14.6 Å². The van der Waals surface area contributed by atoms with Crippen molar-refractivity contribution in [1.82, 2.24) is 16.0 Å². The van der Waals surface area contributed by atoms with Gasteiger partial charge in [-0.2, -0.15) is 0 Å². The van der Waals surface area contributed by atoms with E-state index in [0.717, 1.165) is 70.0 Å². The Kier molecular flexibility index (Phi) is 12.1. The molecule has 4 aliphatic carbocycles. The van der Waals surface area contributed by atoms with Crippen LogP contribution in [0.3, 0.4) is 0 Å². The van der Waals surface area contributed by atoms with Gasteiger partial charge in [-0.25, -0.2) is 4.79 Å². The lowest BCUT2D eigenvalue weighted by Gasteiger charge is -2.42. The van der Waals surface area contributed by atoms with Crippen molar-refractivity contribution in [2.24, 2.45) is 57.9 Å². The third-order valence-electron chi connectivity index (χ3n) is 13.0. The van der Waals surface area contributed by atoms with Gasteiger partial charge >= 0.3 is 5.97 Å². The molecule has 0 spiro atoms. The number of carbonyl (C=O) groups is 3. The molecule has 2 aliphatic heterocycles. The number of nitrogens with two attached hydrogens (primary N) is 2. The number of fused-ring (bicyclic) bond motifs is 3. The van der Waals surface area contributed by atoms with Gasteiger partial charge in [0.2, 0.25) is 0 Å². The van der Waals surface area contributed by atoms with Gasteiger partial charge in [0.1, 0.15) is 0 Å². The number of nitrogens with zero attached hydrogens (tertiary/aromatic N) is 1. The van der Waals surface area contributed by atoms with Crippen molar-refractivity contribution in [3.05, 3.63) is 35.5 Å². The number of guanidine groups is 1. The molecular weight excluding hydrogens is 656 g/mol. The number of hydrogen-bond donors (Lipinski definition) is 5. The number of likely N-dealkylation sites (N-methyl/N-ethyl adjacent to an activating group) is 1. The summed E-state index contributed by atoms with van der Waals surface area (Å²) in [5, 5.41) is 10.3. The molecule has 6 rings (SSSR count). The Balaban J connectivity index is 1.26. The van der Waals surface area contributed by atoms with E-state index in [9.17, 15) is 14.4 Å². The summed E-state index contributed by atoms with van der Waals surface area (Å²) in [6.07, 6.45) is 17.5. The highest BCUT2D eigenvalue weighted by atomic mass is 16.7. The van der Waals surface area contributed by atoms with Crippen LogP contribution in [0.4, 0.5) is 0 Å². The van der Waals surface area contributed by atoms with Crippen LogP contribution in [-0.4, -0.2) is 79.7 Å². The van der Waals surface area contributed by atoms with Crippen LogP contribution in [0.1, 0.15) is 98.3 Å². The molecule has 11 nitrogen and oxygen atoms in total. The summed E-state index contributed by atoms with van der Waals surface area (Å²) in [6.45, 7) is 10.2. The van der Waals surface area contributed by atoms with E-state index in [2.05, 4.69) is 59.9 Å². The summed E-state index contributed by atoms with van der Waals surface area (Å²) in [5.74, 6) is -0.430. The molecule has 0 aromatic rings. The van der Waals surface area contributed by atoms with Crippen LogP contribution in [-0.2, 0) is 23.9 Å². The predicted octanol–water partition coefficient (Wildman–Crippen LogP) is 4.07. The number of rotatable bonds is 13. The summed E-state index contributed by atoms with van der Waals surface area (Å²) in [6, 6.07) is 0.0440. The number of nitrogens with one attached hydrogen (secondary N) is 3. The molecule has 7 N–H and O–H groups in total. The SMILES string of the molecule is CCNC1C=C2C=CCCC2CC1COC(=O)C12OC1(CC=C(C)CC(NC(N)=NC)C1CCNC(N)C1)C(=O)C1CCCC(CC(C)C)C1C2=O. The number of epoxide rings is 1. The number of ether oxygens (including phenoxy) is 2. The van der Waals surface area contributed by atoms with Gasteiger partial charge in [-0.15, -0.1) is 0 Å². The molecule has 2 heterocycles. The molecule has 52 heavy (non-hydrogen) atoms. The molecule has 11 atom stereocenters. The van der Waals surface area contributed by atoms with Crippen LogP contribution >= 0.6 is 0 Å². The van der Waals surface area contributed by atoms with Crippen molar-refractivity contribution in [2.45, 2.75) is 128 Å². The number of hydrogen-bond acceptors (Lipinski definition) is 9. The smallest absolute Gasteiger partial charge is 0.350 e. The van der Waals surface area contributed by atoms with Crippen LogP contribution in [0.2, 0.25) is 0 Å². The van der Waals surface area contributed by atoms with E-state index in [0.29, 0.717) is 30.6 Å². The Morgan fingerprint density at radius 1 is 1.17 bits per heavy atom. The van der Waals surface area contributed by atoms with Gasteiger partial charge in [-0.1, -0.05) is 57.1 Å². The standard InChI is InChI=1S/C41H64N6O5/c1-6-45-32-21-27-11-8-7-10-26(27)20-30(32)23-51-38(50)41-37(49)35-29(18-24(2)3)12-9-13-31(35)36(48)40(41,52-41)16-14-25(4)19-33(47-39(43)44-5)28-15-17-46-34(42)22-28/h8,11,14,21,24,26,28-35,45-46H,6-7,9-10,12-13,15-20,22-23,42H2,1-5H3,(H3,43,44,47). The highest BCUT2D eigenvalue weighted by Gasteiger charge is 2.87. The van der Waals surface area contributed by atoms with Crippen molar-refractivity contribution in [2.75, 3.05) is 26.7 Å². The number of ketones is 2. The second kappa shape index (κ2) is 16.2. The summed E-state index contributed by atoms with van der Waals surface area (Å²) in [7, 11) is 1.66. The Morgan fingerprint density at radius 3 is 2.71 bits per heavy atom. The topological polar surface area (TPSA) is 173 Å². The molecule has 0 radical (unpaired) electrons. The van der Waals surface area contributed by atoms with Crippen molar-refractivity contribution in [1.29, 1.82) is 0 Å². The number of Topliss-reactive ketones (excluding diaryl/α,β-unsaturated/α-hetero) is 2. The lowest BCUT2D eigenvalue weighted by Crippen LogP contribution is -2.60. The van der Waals surface area contributed by atoms with Crippen LogP contribution in [0.5, 0.6) is 0 Å². The third-order valence-corrected chi connectivity index (χ3v) is 13.0. The minimum absolute atomic E-state index is 0.0157. The first-order valence-electron chi connectivity index (χ1n) is 20.1. The van der Waals surface area contributed by atoms with Gasteiger partial charge < -0.3 is 36.9 Å². The maximum atomic E-state index is 14.8. The number of aliphatic imine (C=N–C) groups is 1. The number of esters is 1. The molecule has 2 saturated heterocycles. The van der Waals surface area contributed by atoms with E-state index in [-0.39, 0.29) is 60.6 Å². The molecule has 6 aliphatic rings. The van der Waals surface area contributed by atoms with Crippen molar-refractivity contribution in [3.63, 3.8) is 0 Å². The van der Waals surface area contributed by atoms with Crippen LogP contribution in [0.15, 0.2) is 40.4 Å². The fraction of sp³-hybridized carbons (Fsp3) is 0.756. The first-order valence-corrected chi connectivity index (χ1v) is 20.1. The van der Waals surface area contributed by atoms with E-state index in [1.54, 1.807) is 7.05 Å². The highest BCUT2D eigenvalue weighted by Crippen LogP contribution is 2.62. The molecule has 0 aromatic heterocycles. The summed E-state index contributed by atoms with van der Waals surface area (Å²) in [4.78, 5) is 48.2. The fourth-order valence-corrected chi connectivity index (χ4v) is 10.4. The quantitative estimate of drug-likeness (QED) is 0.0466. The number of piperidine rings is 1. The van der Waals surface area contributed by atoms with Gasteiger partial charge in [0.15, 0.2) is 23.1 Å². The Bertz CT molecular complexity index is 1470. The van der Waals surface area contributed by atoms with E-state index in [1.165, 1.54) is 5.57 Å². The molecule has 0 amide bonds. The van der Waals surface area contributed by atoms with Crippen LogP contribution < -0.4 is 27.4 Å². The monoisotopic (exact) mass is 720 g/mol. The lowest BCUT2D eigenvalue weighted by atomic mass is 9.57. The van der Waals surface area contributed by atoms with Crippen LogP contribution in [0, 0.1) is 41.4 Å². The minimum atomic E-state index is -1.90. The Hall–Kier alpha value is -2.86. The van der Waals surface area contributed by atoms with Gasteiger partial charge in [0, 0.05) is 43.3 Å². The summed E-state index contributed by atoms with van der Waals surface area (Å²) >= 11 is 0. The lowest BCUT2D eigenvalue weighted by molar-refractivity contribution is -0.161. The third kappa shape index (κ3) is 7.57. The van der Waals surface area contributed by atoms with E-state index in [4.69, 9.17) is 20.9 Å². The maximum absolute atomic E-state index is 14.8. The predicted molar refractivity (Wildman–Crippen MR) is 203 cm³/mol. The first kappa shape index (κ1) is 38.9. The zero-order valence-electron chi connectivity index (χ0n) is 32.1. The van der Waals surface area contributed by atoms with E-state index < -0.39 is 29.0 Å². The van der Waals surface area contributed by atoms with Gasteiger partial charge in [-0.05, 0) is 107 Å². The van der Waals surface area contributed by atoms with E-state index in [1.807, 2.05) is 13.0 Å². The molecule has 2 saturated carbocycles. The molecule has 288 valence electrons. The molecule has 11 unspecified atom stereocenters. The summed E-state index contributed by atoms with van der Waals surface area (Å²) < 4.78 is 12.6. The second-order valence-corrected chi connectivity index (χ2v) is 17.0. The zero-order valence-corrected chi connectivity index (χ0v) is 32.1. The number of carbonyl (C=O) groups excluding carboxylic acids is 3. The molecular formula is C41H64N6O5. The van der Waals surface area contributed by atoms with Gasteiger partial charge in [0.05, 0.1) is 12.8 Å². The van der Waals surface area contributed by atoms with Crippen molar-refractivity contribution in [3.8, 4) is 0 Å². The largest absolute Gasteiger partial charge is 0.463 e. The minimum Gasteiger partial charge on any atom is -0.463 e. The van der Waals surface area contributed by atoms with Crippen LogP contribution in [0.25, 0.3) is 0 Å². The normalized spacial score (nSPS) is 38.2. The first-order chi connectivity index (χ1) is 24.9. The molecule has 4 fully saturated rings. The Labute approximate surface area is 310 Å². The van der Waals surface area contributed by atoms with Gasteiger partial charge in [0.25, 0.3) is 5.60 Å². The zero-order chi connectivity index (χ0) is 37.2. The fourth-order valence-electron chi connectivity index (χ4n) is 10.4. The summed E-state index contributed by atoms with van der Waals surface area (Å²) in [5.41, 5.74) is 11.3. The average Bonchev–Trinajstić information content (AvgIpc) is 3.84. The van der Waals surface area contributed by atoms with Crippen molar-refractivity contribution < 1.29 is 23.9 Å². The second-order valence-electron chi connectivity index (χ2n) is 17.0. The van der Waals surface area contributed by atoms with E-state index >= 15 is 0 Å². The van der Waals surface area contributed by atoms with Crippen molar-refractivity contribution >= 4 is 23.5 Å². The highest BCUT2D eigenvalue weighted by molar-refractivity contribution is 6.23. The number of allylic oxidation sites excluding steroid dienone is 3. The molecule has 0 bridgehead atoms.